The van der Waals surface area contributed by atoms with Crippen molar-refractivity contribution in [1.29, 1.82) is 0 Å². The van der Waals surface area contributed by atoms with Crippen molar-refractivity contribution in [3.63, 3.8) is 0 Å². The highest BCUT2D eigenvalue weighted by molar-refractivity contribution is 7.86. The molecular formula is C8H18O6S2. The van der Waals surface area contributed by atoms with Crippen LogP contribution in [0.25, 0.3) is 0 Å². The first-order valence-electron chi connectivity index (χ1n) is 4.86. The van der Waals surface area contributed by atoms with Crippen LogP contribution in [0.3, 0.4) is 0 Å². The molecular weight excluding hydrogens is 256 g/mol. The van der Waals surface area contributed by atoms with Gasteiger partial charge < -0.3 is 0 Å². The summed E-state index contributed by atoms with van der Waals surface area (Å²) in [6.07, 6.45) is 3.13. The zero-order chi connectivity index (χ0) is 12.8. The molecule has 0 bridgehead atoms. The molecule has 6 nitrogen and oxygen atoms in total. The summed E-state index contributed by atoms with van der Waals surface area (Å²) >= 11 is 0. The van der Waals surface area contributed by atoms with Crippen LogP contribution in [0.2, 0.25) is 0 Å². The Bertz CT molecular complexity index is 383. The molecule has 8 heteroatoms. The van der Waals surface area contributed by atoms with E-state index in [-0.39, 0.29) is 6.61 Å². The third kappa shape index (κ3) is 10.3. The molecule has 0 aromatic rings. The maximum absolute atomic E-state index is 10.9. The van der Waals surface area contributed by atoms with E-state index >= 15 is 0 Å². The van der Waals surface area contributed by atoms with Crippen molar-refractivity contribution in [3.8, 4) is 0 Å². The summed E-state index contributed by atoms with van der Waals surface area (Å²) < 4.78 is 52.5. The Morgan fingerprint density at radius 1 is 1.06 bits per heavy atom. The van der Waals surface area contributed by atoms with Crippen molar-refractivity contribution in [2.45, 2.75) is 32.3 Å². The monoisotopic (exact) mass is 274 g/mol. The molecule has 0 rings (SSSR count). The highest BCUT2D eigenvalue weighted by Gasteiger charge is 2.17. The minimum Gasteiger partial charge on any atom is -0.268 e. The van der Waals surface area contributed by atoms with Crippen LogP contribution in [0.1, 0.15) is 26.2 Å². The van der Waals surface area contributed by atoms with E-state index in [1.54, 1.807) is 0 Å². The average Bonchev–Trinajstić information content (AvgIpc) is 2.06. The van der Waals surface area contributed by atoms with E-state index in [1.165, 1.54) is 0 Å². The lowest BCUT2D eigenvalue weighted by Crippen LogP contribution is -2.24. The molecule has 0 aliphatic rings. The summed E-state index contributed by atoms with van der Waals surface area (Å²) in [4.78, 5) is 0. The highest BCUT2D eigenvalue weighted by Crippen LogP contribution is 2.09. The lowest BCUT2D eigenvalue weighted by molar-refractivity contribution is 0.129. The van der Waals surface area contributed by atoms with Crippen molar-refractivity contribution >= 4 is 20.2 Å². The van der Waals surface area contributed by atoms with Gasteiger partial charge in [-0.2, -0.15) is 16.8 Å². The highest BCUT2D eigenvalue weighted by atomic mass is 32.2. The molecule has 98 valence electrons. The van der Waals surface area contributed by atoms with Gasteiger partial charge in [-0.25, -0.2) is 0 Å². The van der Waals surface area contributed by atoms with Crippen LogP contribution in [-0.2, 0) is 28.6 Å². The first kappa shape index (κ1) is 15.8. The van der Waals surface area contributed by atoms with E-state index in [2.05, 4.69) is 4.18 Å². The van der Waals surface area contributed by atoms with Crippen LogP contribution < -0.4 is 0 Å². The van der Waals surface area contributed by atoms with Gasteiger partial charge in [-0.05, 0) is 6.42 Å². The fourth-order valence-electron chi connectivity index (χ4n) is 1.04. The van der Waals surface area contributed by atoms with Crippen LogP contribution >= 0.6 is 0 Å². The SMILES string of the molecule is CCCCC(COS(C)(=O)=O)OS(C)(=O)=O. The Morgan fingerprint density at radius 3 is 2.00 bits per heavy atom. The number of rotatable bonds is 8. The second-order valence-corrected chi connectivity index (χ2v) is 6.80. The van der Waals surface area contributed by atoms with Gasteiger partial charge in [0.05, 0.1) is 19.1 Å². The first-order chi connectivity index (χ1) is 7.14. The third-order valence-electron chi connectivity index (χ3n) is 1.66. The Kier molecular flexibility index (Phi) is 6.46. The molecule has 0 aromatic heterocycles. The van der Waals surface area contributed by atoms with Gasteiger partial charge in [0.15, 0.2) is 0 Å². The molecule has 0 heterocycles. The van der Waals surface area contributed by atoms with Gasteiger partial charge in [0.2, 0.25) is 0 Å². The van der Waals surface area contributed by atoms with Gasteiger partial charge in [0.25, 0.3) is 20.2 Å². The summed E-state index contributed by atoms with van der Waals surface area (Å²) in [5, 5.41) is 0. The standard InChI is InChI=1S/C8H18O6S2/c1-4-5-6-8(14-16(3,11)12)7-13-15(2,9)10/h8H,4-7H2,1-3H3. The molecule has 0 fully saturated rings. The Morgan fingerprint density at radius 2 is 1.62 bits per heavy atom. The predicted molar refractivity (Wildman–Crippen MR) is 60.0 cm³/mol. The maximum atomic E-state index is 10.9. The second kappa shape index (κ2) is 6.53. The number of hydrogen-bond donors (Lipinski definition) is 0. The van der Waals surface area contributed by atoms with Crippen LogP contribution in [-0.4, -0.2) is 42.1 Å². The molecule has 0 amide bonds. The molecule has 0 N–H and O–H groups in total. The smallest absolute Gasteiger partial charge is 0.264 e. The summed E-state index contributed by atoms with van der Waals surface area (Å²) in [6, 6.07) is 0. The fourth-order valence-corrected chi connectivity index (χ4v) is 2.08. The molecule has 0 spiro atoms. The van der Waals surface area contributed by atoms with Gasteiger partial charge in [0, 0.05) is 0 Å². The summed E-state index contributed by atoms with van der Waals surface area (Å²) in [7, 11) is -7.17. The van der Waals surface area contributed by atoms with E-state index < -0.39 is 26.3 Å². The lowest BCUT2D eigenvalue weighted by atomic mass is 10.2. The first-order valence-corrected chi connectivity index (χ1v) is 8.50. The molecule has 1 atom stereocenters. The summed E-state index contributed by atoms with van der Waals surface area (Å²) in [5.74, 6) is 0. The normalized spacial score (nSPS) is 14.9. The van der Waals surface area contributed by atoms with E-state index in [0.717, 1.165) is 25.4 Å². The third-order valence-corrected chi connectivity index (χ3v) is 2.84. The molecule has 0 aliphatic heterocycles. The molecule has 0 radical (unpaired) electrons. The van der Waals surface area contributed by atoms with E-state index in [9.17, 15) is 16.8 Å². The van der Waals surface area contributed by atoms with Gasteiger partial charge >= 0.3 is 0 Å². The summed E-state index contributed by atoms with van der Waals surface area (Å²) in [5.41, 5.74) is 0. The number of hydrogen-bond acceptors (Lipinski definition) is 6. The zero-order valence-corrected chi connectivity index (χ0v) is 11.3. The van der Waals surface area contributed by atoms with Crippen molar-refractivity contribution in [2.24, 2.45) is 0 Å². The van der Waals surface area contributed by atoms with Gasteiger partial charge in [0.1, 0.15) is 6.10 Å². The molecule has 0 saturated heterocycles. The van der Waals surface area contributed by atoms with Gasteiger partial charge in [-0.3, -0.25) is 8.37 Å². The molecule has 0 aliphatic carbocycles. The lowest BCUT2D eigenvalue weighted by Gasteiger charge is -2.15. The van der Waals surface area contributed by atoms with E-state index in [1.807, 2.05) is 6.92 Å². The predicted octanol–water partition coefficient (Wildman–Crippen LogP) is 0.498. The minimum atomic E-state index is -3.60. The van der Waals surface area contributed by atoms with Gasteiger partial charge in [-0.1, -0.05) is 19.8 Å². The van der Waals surface area contributed by atoms with Crippen LogP contribution in [0, 0.1) is 0 Å². The van der Waals surface area contributed by atoms with Gasteiger partial charge in [-0.15, -0.1) is 0 Å². The van der Waals surface area contributed by atoms with Crippen LogP contribution in [0.15, 0.2) is 0 Å². The fraction of sp³-hybridized carbons (Fsp3) is 1.00. The maximum Gasteiger partial charge on any atom is 0.264 e. The number of unbranched alkanes of at least 4 members (excludes halogenated alkanes) is 1. The van der Waals surface area contributed by atoms with E-state index in [4.69, 9.17) is 4.18 Å². The minimum absolute atomic E-state index is 0.272. The van der Waals surface area contributed by atoms with Crippen molar-refractivity contribution < 1.29 is 25.2 Å². The van der Waals surface area contributed by atoms with Crippen LogP contribution in [0.4, 0.5) is 0 Å². The zero-order valence-electron chi connectivity index (χ0n) is 9.67. The van der Waals surface area contributed by atoms with E-state index in [0.29, 0.717) is 6.42 Å². The molecule has 0 saturated carbocycles. The van der Waals surface area contributed by atoms with Crippen molar-refractivity contribution in [3.05, 3.63) is 0 Å². The summed E-state index contributed by atoms with van der Waals surface area (Å²) in [6.45, 7) is 1.67. The average molecular weight is 274 g/mol. The van der Waals surface area contributed by atoms with Crippen molar-refractivity contribution in [1.82, 2.24) is 0 Å². The Hall–Kier alpha value is -0.180. The Labute approximate surface area is 97.2 Å². The Balaban J connectivity index is 4.32. The second-order valence-electron chi connectivity index (χ2n) is 3.55. The topological polar surface area (TPSA) is 86.7 Å². The van der Waals surface area contributed by atoms with Crippen LogP contribution in [0.5, 0.6) is 0 Å². The quantitative estimate of drug-likeness (QED) is 0.599. The molecule has 16 heavy (non-hydrogen) atoms. The molecule has 1 unspecified atom stereocenters. The molecule has 0 aromatic carbocycles. The largest absolute Gasteiger partial charge is 0.268 e. The van der Waals surface area contributed by atoms with Crippen molar-refractivity contribution in [2.75, 3.05) is 19.1 Å².